The van der Waals surface area contributed by atoms with E-state index in [1.807, 2.05) is 12.1 Å². The van der Waals surface area contributed by atoms with Crippen molar-refractivity contribution in [1.29, 1.82) is 0 Å². The molecule has 0 bridgehead atoms. The Morgan fingerprint density at radius 3 is 2.59 bits per heavy atom. The van der Waals surface area contributed by atoms with Crippen LogP contribution in [0, 0.1) is 5.92 Å². The van der Waals surface area contributed by atoms with Gasteiger partial charge in [-0.15, -0.1) is 0 Å². The van der Waals surface area contributed by atoms with Crippen LogP contribution in [-0.4, -0.2) is 63.2 Å². The van der Waals surface area contributed by atoms with E-state index in [0.717, 1.165) is 70.9 Å². The van der Waals surface area contributed by atoms with Gasteiger partial charge in [0, 0.05) is 39.0 Å². The Morgan fingerprint density at radius 1 is 1.00 bits per heavy atom. The quantitative estimate of drug-likeness (QED) is 0.732. The lowest BCUT2D eigenvalue weighted by atomic mass is 9.99. The molecule has 0 saturated carbocycles. The SMILES string of the molecule is COc1ccc(CN2CC[C@@H]3O[C@H](COCC4CCOCC4)CC[C@@H]32)cc1. The zero-order valence-corrected chi connectivity index (χ0v) is 16.5. The van der Waals surface area contributed by atoms with E-state index >= 15 is 0 Å². The molecule has 1 aromatic carbocycles. The Balaban J connectivity index is 1.20. The fourth-order valence-corrected chi connectivity index (χ4v) is 4.65. The molecule has 5 nitrogen and oxygen atoms in total. The normalized spacial score (nSPS) is 29.6. The highest BCUT2D eigenvalue weighted by molar-refractivity contribution is 5.27. The van der Waals surface area contributed by atoms with Gasteiger partial charge in [0.15, 0.2) is 0 Å². The van der Waals surface area contributed by atoms with Crippen molar-refractivity contribution in [1.82, 2.24) is 4.90 Å². The summed E-state index contributed by atoms with van der Waals surface area (Å²) in [4.78, 5) is 2.59. The fourth-order valence-electron chi connectivity index (χ4n) is 4.65. The first-order valence-electron chi connectivity index (χ1n) is 10.5. The number of methoxy groups -OCH3 is 1. The molecule has 3 atom stereocenters. The number of fused-ring (bicyclic) bond motifs is 1. The highest BCUT2D eigenvalue weighted by Crippen LogP contribution is 2.33. The lowest BCUT2D eigenvalue weighted by Gasteiger charge is -2.36. The lowest BCUT2D eigenvalue weighted by molar-refractivity contribution is -0.105. The molecule has 3 saturated heterocycles. The molecular weight excluding hydrogens is 342 g/mol. The molecule has 27 heavy (non-hydrogen) atoms. The summed E-state index contributed by atoms with van der Waals surface area (Å²) in [5, 5.41) is 0. The number of benzene rings is 1. The summed E-state index contributed by atoms with van der Waals surface area (Å²) in [7, 11) is 1.71. The summed E-state index contributed by atoms with van der Waals surface area (Å²) in [6, 6.07) is 8.99. The van der Waals surface area contributed by atoms with Gasteiger partial charge in [-0.3, -0.25) is 4.90 Å². The average Bonchev–Trinajstić information content (AvgIpc) is 3.11. The smallest absolute Gasteiger partial charge is 0.118 e. The van der Waals surface area contributed by atoms with E-state index in [1.165, 1.54) is 12.0 Å². The van der Waals surface area contributed by atoms with Crippen LogP contribution in [0.4, 0.5) is 0 Å². The topological polar surface area (TPSA) is 40.2 Å². The Labute approximate surface area is 162 Å². The van der Waals surface area contributed by atoms with E-state index in [9.17, 15) is 0 Å². The highest BCUT2D eigenvalue weighted by atomic mass is 16.5. The van der Waals surface area contributed by atoms with Gasteiger partial charge >= 0.3 is 0 Å². The number of hydrogen-bond donors (Lipinski definition) is 0. The minimum atomic E-state index is 0.270. The van der Waals surface area contributed by atoms with Gasteiger partial charge in [-0.25, -0.2) is 0 Å². The first-order valence-corrected chi connectivity index (χ1v) is 10.5. The molecule has 150 valence electrons. The minimum absolute atomic E-state index is 0.270. The average molecular weight is 376 g/mol. The maximum atomic E-state index is 6.39. The minimum Gasteiger partial charge on any atom is -0.497 e. The van der Waals surface area contributed by atoms with E-state index in [1.54, 1.807) is 7.11 Å². The van der Waals surface area contributed by atoms with Crippen molar-refractivity contribution >= 4 is 0 Å². The van der Waals surface area contributed by atoms with Crippen molar-refractivity contribution < 1.29 is 18.9 Å². The Morgan fingerprint density at radius 2 is 1.81 bits per heavy atom. The van der Waals surface area contributed by atoms with Gasteiger partial charge in [-0.05, 0) is 55.7 Å². The maximum Gasteiger partial charge on any atom is 0.118 e. The first kappa shape index (κ1) is 19.2. The van der Waals surface area contributed by atoms with E-state index in [0.29, 0.717) is 18.1 Å². The molecule has 0 aromatic heterocycles. The van der Waals surface area contributed by atoms with Crippen LogP contribution in [0.1, 0.15) is 37.7 Å². The molecule has 1 aromatic rings. The lowest BCUT2D eigenvalue weighted by Crippen LogP contribution is -2.43. The summed E-state index contributed by atoms with van der Waals surface area (Å²) in [6.07, 6.45) is 6.37. The van der Waals surface area contributed by atoms with Crippen molar-refractivity contribution in [2.75, 3.05) is 40.1 Å². The van der Waals surface area contributed by atoms with E-state index in [4.69, 9.17) is 18.9 Å². The standard InChI is InChI=1S/C22H33NO4/c1-24-19-4-2-17(3-5-19)14-23-11-8-22-21(23)7-6-20(27-22)16-26-15-18-9-12-25-13-10-18/h2-5,18,20-22H,6-16H2,1H3/t20-,21-,22-/m0/s1. The summed E-state index contributed by atoms with van der Waals surface area (Å²) in [6.45, 7) is 5.51. The fraction of sp³-hybridized carbons (Fsp3) is 0.727. The Kier molecular flexibility index (Phi) is 6.66. The molecule has 0 aliphatic carbocycles. The summed E-state index contributed by atoms with van der Waals surface area (Å²) in [5.74, 6) is 1.59. The van der Waals surface area contributed by atoms with Crippen LogP contribution in [0.15, 0.2) is 24.3 Å². The molecule has 0 N–H and O–H groups in total. The van der Waals surface area contributed by atoms with Gasteiger partial charge in [-0.2, -0.15) is 0 Å². The van der Waals surface area contributed by atoms with Crippen LogP contribution in [0.2, 0.25) is 0 Å². The van der Waals surface area contributed by atoms with Gasteiger partial charge in [0.2, 0.25) is 0 Å². The molecule has 0 spiro atoms. The number of rotatable bonds is 7. The maximum absolute atomic E-state index is 6.39. The van der Waals surface area contributed by atoms with Crippen molar-refractivity contribution in [2.45, 2.75) is 56.9 Å². The van der Waals surface area contributed by atoms with Crippen LogP contribution in [0.5, 0.6) is 5.75 Å². The molecule has 3 aliphatic rings. The molecule has 3 heterocycles. The van der Waals surface area contributed by atoms with Crippen LogP contribution >= 0.6 is 0 Å². The van der Waals surface area contributed by atoms with Gasteiger partial charge in [0.05, 0.1) is 25.9 Å². The molecule has 0 radical (unpaired) electrons. The second-order valence-corrected chi connectivity index (χ2v) is 8.14. The number of ether oxygens (including phenoxy) is 4. The van der Waals surface area contributed by atoms with E-state index < -0.39 is 0 Å². The first-order chi connectivity index (χ1) is 13.3. The van der Waals surface area contributed by atoms with Crippen LogP contribution in [-0.2, 0) is 20.8 Å². The van der Waals surface area contributed by atoms with Crippen molar-refractivity contribution in [2.24, 2.45) is 5.92 Å². The largest absolute Gasteiger partial charge is 0.497 e. The van der Waals surface area contributed by atoms with Crippen LogP contribution in [0.3, 0.4) is 0 Å². The Bertz CT molecular complexity index is 572. The zero-order chi connectivity index (χ0) is 18.5. The molecule has 4 rings (SSSR count). The van der Waals surface area contributed by atoms with Crippen LogP contribution in [0.25, 0.3) is 0 Å². The number of hydrogen-bond acceptors (Lipinski definition) is 5. The van der Waals surface area contributed by atoms with Gasteiger partial charge < -0.3 is 18.9 Å². The highest BCUT2D eigenvalue weighted by Gasteiger charge is 2.39. The monoisotopic (exact) mass is 375 g/mol. The second kappa shape index (κ2) is 9.37. The summed E-state index contributed by atoms with van der Waals surface area (Å²) >= 11 is 0. The Hall–Kier alpha value is -1.14. The van der Waals surface area contributed by atoms with Crippen LogP contribution < -0.4 is 4.74 Å². The third kappa shape index (κ3) is 5.02. The van der Waals surface area contributed by atoms with Crippen molar-refractivity contribution in [3.8, 4) is 5.75 Å². The number of likely N-dealkylation sites (tertiary alicyclic amines) is 1. The molecule has 0 unspecified atom stereocenters. The third-order valence-electron chi connectivity index (χ3n) is 6.29. The van der Waals surface area contributed by atoms with Crippen molar-refractivity contribution in [3.63, 3.8) is 0 Å². The van der Waals surface area contributed by atoms with Gasteiger partial charge in [-0.1, -0.05) is 12.1 Å². The van der Waals surface area contributed by atoms with Gasteiger partial charge in [0.25, 0.3) is 0 Å². The van der Waals surface area contributed by atoms with Crippen molar-refractivity contribution in [3.05, 3.63) is 29.8 Å². The molecule has 5 heteroatoms. The molecule has 3 aliphatic heterocycles. The zero-order valence-electron chi connectivity index (χ0n) is 16.5. The molecular formula is C22H33NO4. The number of nitrogens with zero attached hydrogens (tertiary/aromatic N) is 1. The van der Waals surface area contributed by atoms with Gasteiger partial charge in [0.1, 0.15) is 5.75 Å². The summed E-state index contributed by atoms with van der Waals surface area (Å²) < 4.78 is 23.1. The third-order valence-corrected chi connectivity index (χ3v) is 6.29. The molecule has 0 amide bonds. The van der Waals surface area contributed by atoms with E-state index in [-0.39, 0.29) is 6.10 Å². The predicted molar refractivity (Wildman–Crippen MR) is 104 cm³/mol. The summed E-state index contributed by atoms with van der Waals surface area (Å²) in [5.41, 5.74) is 1.35. The molecule has 3 fully saturated rings. The second-order valence-electron chi connectivity index (χ2n) is 8.14. The van der Waals surface area contributed by atoms with E-state index in [2.05, 4.69) is 17.0 Å². The predicted octanol–water partition coefficient (Wildman–Crippen LogP) is 3.26.